The molecular formula is C17H21NO3. The molecule has 112 valence electrons. The van der Waals surface area contributed by atoms with E-state index in [4.69, 9.17) is 4.74 Å². The van der Waals surface area contributed by atoms with Crippen molar-refractivity contribution in [3.63, 3.8) is 0 Å². The lowest BCUT2D eigenvalue weighted by atomic mass is 10.0. The van der Waals surface area contributed by atoms with Crippen molar-refractivity contribution in [1.82, 2.24) is 0 Å². The molecule has 0 aliphatic carbocycles. The summed E-state index contributed by atoms with van der Waals surface area (Å²) in [6.07, 6.45) is 0. The molecular weight excluding hydrogens is 266 g/mol. The molecule has 0 aliphatic rings. The third-order valence-electron chi connectivity index (χ3n) is 3.17. The van der Waals surface area contributed by atoms with E-state index in [2.05, 4.69) is 19.2 Å². The number of carbonyl (C=O) groups is 1. The van der Waals surface area contributed by atoms with Gasteiger partial charge in [-0.3, -0.25) is 0 Å². The van der Waals surface area contributed by atoms with E-state index in [-0.39, 0.29) is 0 Å². The van der Waals surface area contributed by atoms with Gasteiger partial charge >= 0.3 is 5.97 Å². The fourth-order valence-electron chi connectivity index (χ4n) is 2.22. The van der Waals surface area contributed by atoms with Gasteiger partial charge in [-0.2, -0.15) is 0 Å². The van der Waals surface area contributed by atoms with E-state index >= 15 is 0 Å². The molecule has 0 saturated heterocycles. The first-order chi connectivity index (χ1) is 10.1. The Hall–Kier alpha value is -2.07. The smallest absolute Gasteiger partial charge is 0.336 e. The summed E-state index contributed by atoms with van der Waals surface area (Å²) in [6, 6.07) is 11.0. The highest BCUT2D eigenvalue weighted by molar-refractivity contribution is 6.07. The largest absolute Gasteiger partial charge is 0.478 e. The van der Waals surface area contributed by atoms with Crippen molar-refractivity contribution in [3.8, 4) is 0 Å². The van der Waals surface area contributed by atoms with Crippen LogP contribution in [0.15, 0.2) is 36.4 Å². The van der Waals surface area contributed by atoms with E-state index < -0.39 is 5.97 Å². The molecule has 0 heterocycles. The maximum atomic E-state index is 11.2. The summed E-state index contributed by atoms with van der Waals surface area (Å²) in [5, 5.41) is 14.2. The van der Waals surface area contributed by atoms with E-state index in [1.165, 1.54) is 0 Å². The maximum absolute atomic E-state index is 11.2. The lowest BCUT2D eigenvalue weighted by Gasteiger charge is -2.12. The molecule has 0 unspecified atom stereocenters. The molecule has 2 aromatic rings. The number of anilines is 1. The molecule has 0 amide bonds. The van der Waals surface area contributed by atoms with Crippen LogP contribution in [0.25, 0.3) is 10.8 Å². The van der Waals surface area contributed by atoms with Crippen LogP contribution in [-0.4, -0.2) is 30.8 Å². The Balaban J connectivity index is 2.11. The Morgan fingerprint density at radius 3 is 2.57 bits per heavy atom. The van der Waals surface area contributed by atoms with Crippen molar-refractivity contribution >= 4 is 22.4 Å². The number of benzene rings is 2. The first kappa shape index (κ1) is 15.3. The Kier molecular flexibility index (Phi) is 5.17. The molecule has 0 aromatic heterocycles. The van der Waals surface area contributed by atoms with Crippen molar-refractivity contribution in [1.29, 1.82) is 0 Å². The number of fused-ring (bicyclic) bond motifs is 1. The number of aromatic carboxylic acids is 1. The lowest BCUT2D eigenvalue weighted by Crippen LogP contribution is -2.12. The molecule has 0 spiro atoms. The topological polar surface area (TPSA) is 58.6 Å². The van der Waals surface area contributed by atoms with Crippen molar-refractivity contribution in [2.75, 3.05) is 25.1 Å². The maximum Gasteiger partial charge on any atom is 0.336 e. The lowest BCUT2D eigenvalue weighted by molar-refractivity contribution is 0.0699. The predicted molar refractivity (Wildman–Crippen MR) is 85.1 cm³/mol. The minimum absolute atomic E-state index is 0.326. The molecule has 2 aromatic carbocycles. The second kappa shape index (κ2) is 7.09. The number of nitrogens with one attached hydrogen (secondary N) is 1. The van der Waals surface area contributed by atoms with Gasteiger partial charge in [0.2, 0.25) is 0 Å². The van der Waals surface area contributed by atoms with Crippen LogP contribution in [0.1, 0.15) is 24.2 Å². The number of carboxylic acid groups (broad SMARTS) is 1. The van der Waals surface area contributed by atoms with E-state index in [1.54, 1.807) is 6.07 Å². The first-order valence-corrected chi connectivity index (χ1v) is 7.16. The van der Waals surface area contributed by atoms with Crippen LogP contribution >= 0.6 is 0 Å². The van der Waals surface area contributed by atoms with Gasteiger partial charge in [-0.15, -0.1) is 0 Å². The Labute approximate surface area is 124 Å². The van der Waals surface area contributed by atoms with Gasteiger partial charge in [0.25, 0.3) is 0 Å². The second-order valence-electron chi connectivity index (χ2n) is 5.41. The Bertz CT molecular complexity index is 622. The minimum Gasteiger partial charge on any atom is -0.478 e. The average Bonchev–Trinajstić information content (AvgIpc) is 2.46. The molecule has 0 atom stereocenters. The van der Waals surface area contributed by atoms with Crippen LogP contribution in [-0.2, 0) is 4.74 Å². The minimum atomic E-state index is -0.905. The highest BCUT2D eigenvalue weighted by Gasteiger charge is 2.10. The van der Waals surface area contributed by atoms with Gasteiger partial charge in [0, 0.05) is 24.2 Å². The van der Waals surface area contributed by atoms with E-state index in [9.17, 15) is 9.90 Å². The third-order valence-corrected chi connectivity index (χ3v) is 3.17. The molecule has 0 saturated carbocycles. The number of carboxylic acids is 1. The Morgan fingerprint density at radius 2 is 1.90 bits per heavy atom. The molecule has 2 rings (SSSR count). The van der Waals surface area contributed by atoms with E-state index in [1.807, 2.05) is 30.3 Å². The summed E-state index contributed by atoms with van der Waals surface area (Å²) in [5.74, 6) is -0.376. The normalized spacial score (nSPS) is 11.0. The van der Waals surface area contributed by atoms with E-state index in [0.717, 1.165) is 23.1 Å². The summed E-state index contributed by atoms with van der Waals surface area (Å²) in [4.78, 5) is 11.2. The van der Waals surface area contributed by atoms with Crippen LogP contribution in [0.3, 0.4) is 0 Å². The van der Waals surface area contributed by atoms with Crippen LogP contribution < -0.4 is 5.32 Å². The van der Waals surface area contributed by atoms with Crippen LogP contribution in [0, 0.1) is 5.92 Å². The highest BCUT2D eigenvalue weighted by atomic mass is 16.5. The van der Waals surface area contributed by atoms with Crippen LogP contribution in [0.4, 0.5) is 5.69 Å². The van der Waals surface area contributed by atoms with Crippen LogP contribution in [0.2, 0.25) is 0 Å². The van der Waals surface area contributed by atoms with Crippen molar-refractivity contribution < 1.29 is 14.6 Å². The Morgan fingerprint density at radius 1 is 1.19 bits per heavy atom. The first-order valence-electron chi connectivity index (χ1n) is 7.16. The summed E-state index contributed by atoms with van der Waals surface area (Å²) in [6.45, 7) is 6.31. The molecule has 4 nitrogen and oxygen atoms in total. The molecule has 4 heteroatoms. The number of ether oxygens (including phenoxy) is 1. The highest BCUT2D eigenvalue weighted by Crippen LogP contribution is 2.26. The van der Waals surface area contributed by atoms with Gasteiger partial charge < -0.3 is 15.2 Å². The van der Waals surface area contributed by atoms with Crippen LogP contribution in [0.5, 0.6) is 0 Å². The van der Waals surface area contributed by atoms with Gasteiger partial charge in [-0.1, -0.05) is 38.1 Å². The number of hydrogen-bond acceptors (Lipinski definition) is 3. The van der Waals surface area contributed by atoms with Crippen molar-refractivity contribution in [2.24, 2.45) is 5.92 Å². The third kappa shape index (κ3) is 3.95. The standard InChI is InChI=1S/C17H21NO3/c1-12(2)11-21-10-9-18-16-8-7-15(17(19)20)13-5-3-4-6-14(13)16/h3-8,12,18H,9-11H2,1-2H3,(H,19,20). The van der Waals surface area contributed by atoms with Crippen molar-refractivity contribution in [2.45, 2.75) is 13.8 Å². The zero-order chi connectivity index (χ0) is 15.2. The molecule has 0 bridgehead atoms. The fourth-order valence-corrected chi connectivity index (χ4v) is 2.22. The summed E-state index contributed by atoms with van der Waals surface area (Å²) in [7, 11) is 0. The molecule has 2 N–H and O–H groups in total. The monoisotopic (exact) mass is 287 g/mol. The van der Waals surface area contributed by atoms with E-state index in [0.29, 0.717) is 24.6 Å². The predicted octanol–water partition coefficient (Wildman–Crippen LogP) is 3.62. The SMILES string of the molecule is CC(C)COCCNc1ccc(C(=O)O)c2ccccc12. The zero-order valence-electron chi connectivity index (χ0n) is 12.4. The summed E-state index contributed by atoms with van der Waals surface area (Å²) >= 11 is 0. The summed E-state index contributed by atoms with van der Waals surface area (Å²) in [5.41, 5.74) is 1.26. The van der Waals surface area contributed by atoms with Gasteiger partial charge in [0.05, 0.1) is 12.2 Å². The van der Waals surface area contributed by atoms with Crippen molar-refractivity contribution in [3.05, 3.63) is 42.0 Å². The summed E-state index contributed by atoms with van der Waals surface area (Å²) < 4.78 is 5.53. The van der Waals surface area contributed by atoms with Gasteiger partial charge in [0.1, 0.15) is 0 Å². The molecule has 0 fully saturated rings. The fraction of sp³-hybridized carbons (Fsp3) is 0.353. The van der Waals surface area contributed by atoms with Gasteiger partial charge in [0.15, 0.2) is 0 Å². The molecule has 0 aliphatic heterocycles. The van der Waals surface area contributed by atoms with Gasteiger partial charge in [-0.25, -0.2) is 4.79 Å². The molecule has 0 radical (unpaired) electrons. The number of hydrogen-bond donors (Lipinski definition) is 2. The quantitative estimate of drug-likeness (QED) is 0.764. The average molecular weight is 287 g/mol. The second-order valence-corrected chi connectivity index (χ2v) is 5.41. The zero-order valence-corrected chi connectivity index (χ0v) is 12.4. The van der Waals surface area contributed by atoms with Gasteiger partial charge in [-0.05, 0) is 23.4 Å². The molecule has 21 heavy (non-hydrogen) atoms. The number of rotatable bonds is 7.